The third-order valence-electron chi connectivity index (χ3n) is 13.4. The van der Waals surface area contributed by atoms with Crippen LogP contribution in [-0.4, -0.2) is 41.9 Å². The van der Waals surface area contributed by atoms with Gasteiger partial charge in [0.25, 0.3) is 0 Å². The molecule has 0 radical (unpaired) electrons. The molecule has 5 aliphatic carbocycles. The summed E-state index contributed by atoms with van der Waals surface area (Å²) in [5.41, 5.74) is -0.556. The van der Waals surface area contributed by atoms with Crippen molar-refractivity contribution in [1.82, 2.24) is 5.32 Å². The van der Waals surface area contributed by atoms with Gasteiger partial charge in [-0.15, -0.1) is 0 Å². The van der Waals surface area contributed by atoms with Crippen molar-refractivity contribution in [3.05, 3.63) is 11.6 Å². The van der Waals surface area contributed by atoms with Crippen LogP contribution in [0.5, 0.6) is 0 Å². The van der Waals surface area contributed by atoms with Crippen molar-refractivity contribution in [2.75, 3.05) is 7.11 Å². The Hall–Kier alpha value is -2.18. The number of rotatable bonds is 4. The van der Waals surface area contributed by atoms with Gasteiger partial charge in [0.05, 0.1) is 13.0 Å². The van der Waals surface area contributed by atoms with Crippen molar-refractivity contribution in [1.29, 1.82) is 0 Å². The predicted molar refractivity (Wildman–Crippen MR) is 156 cm³/mol. The molecule has 5 aliphatic rings. The van der Waals surface area contributed by atoms with Crippen LogP contribution in [0, 0.1) is 56.7 Å². The largest absolute Gasteiger partial charge is 0.481 e. The molecule has 2 N–H and O–H groups in total. The molecule has 0 saturated heterocycles. The number of amides is 1. The molecule has 0 heterocycles. The van der Waals surface area contributed by atoms with E-state index in [1.54, 1.807) is 13.8 Å². The van der Waals surface area contributed by atoms with Gasteiger partial charge in [-0.1, -0.05) is 40.2 Å². The molecular formula is C34H51NO6. The summed E-state index contributed by atoms with van der Waals surface area (Å²) in [7, 11) is 1.30. The second-order valence-electron chi connectivity index (χ2n) is 16.2. The lowest BCUT2D eigenvalue weighted by Crippen LogP contribution is -2.66. The van der Waals surface area contributed by atoms with Crippen LogP contribution in [0.2, 0.25) is 0 Å². The van der Waals surface area contributed by atoms with E-state index in [0.29, 0.717) is 12.3 Å². The van der Waals surface area contributed by atoms with E-state index >= 15 is 0 Å². The number of allylic oxidation sites excluding steroid dienone is 2. The van der Waals surface area contributed by atoms with Crippen LogP contribution in [0.3, 0.4) is 0 Å². The van der Waals surface area contributed by atoms with Gasteiger partial charge in [-0.25, -0.2) is 0 Å². The van der Waals surface area contributed by atoms with Crippen molar-refractivity contribution in [3.8, 4) is 0 Å². The monoisotopic (exact) mass is 569 g/mol. The molecule has 9 unspecified atom stereocenters. The molecule has 0 aromatic rings. The van der Waals surface area contributed by atoms with E-state index in [2.05, 4.69) is 39.9 Å². The van der Waals surface area contributed by atoms with E-state index in [-0.39, 0.29) is 63.1 Å². The Labute approximate surface area is 245 Å². The number of ether oxygens (including phenoxy) is 1. The summed E-state index contributed by atoms with van der Waals surface area (Å²) < 4.78 is 4.89. The fourth-order valence-electron chi connectivity index (χ4n) is 10.9. The molecule has 7 nitrogen and oxygen atoms in total. The summed E-state index contributed by atoms with van der Waals surface area (Å²) in [5, 5.41) is 13.1. The molecule has 0 aromatic heterocycles. The van der Waals surface area contributed by atoms with E-state index < -0.39 is 17.4 Å². The summed E-state index contributed by atoms with van der Waals surface area (Å²) in [6.45, 7) is 14.7. The number of ketones is 1. The molecule has 1 amide bonds. The Morgan fingerprint density at radius 3 is 2.20 bits per heavy atom. The van der Waals surface area contributed by atoms with Crippen LogP contribution in [-0.2, 0) is 23.9 Å². The van der Waals surface area contributed by atoms with E-state index in [1.807, 2.05) is 6.08 Å². The van der Waals surface area contributed by atoms with Crippen LogP contribution in [0.4, 0.5) is 0 Å². The molecule has 0 bridgehead atoms. The molecule has 0 aromatic carbocycles. The van der Waals surface area contributed by atoms with Gasteiger partial charge in [-0.05, 0) is 117 Å². The first-order chi connectivity index (χ1) is 18.9. The molecule has 0 aliphatic heterocycles. The minimum Gasteiger partial charge on any atom is -0.481 e. The Morgan fingerprint density at radius 1 is 0.927 bits per heavy atom. The van der Waals surface area contributed by atoms with Crippen LogP contribution in [0.25, 0.3) is 0 Å². The predicted octanol–water partition coefficient (Wildman–Crippen LogP) is 5.96. The number of carbonyl (C=O) groups is 4. The highest BCUT2D eigenvalue weighted by molar-refractivity contribution is 6.02. The van der Waals surface area contributed by atoms with Crippen LogP contribution < -0.4 is 5.32 Å². The highest BCUT2D eigenvalue weighted by Crippen LogP contribution is 2.71. The number of carboxylic acids is 1. The van der Waals surface area contributed by atoms with Gasteiger partial charge in [0.1, 0.15) is 5.41 Å². The zero-order chi connectivity index (χ0) is 30.3. The molecule has 0 spiro atoms. The molecule has 7 heteroatoms. The molecule has 4 fully saturated rings. The van der Waals surface area contributed by atoms with Crippen LogP contribution >= 0.6 is 0 Å². The lowest BCUT2D eigenvalue weighted by molar-refractivity contribution is -0.175. The summed E-state index contributed by atoms with van der Waals surface area (Å²) in [4.78, 5) is 51.9. The maximum Gasteiger partial charge on any atom is 0.320 e. The third kappa shape index (κ3) is 4.33. The van der Waals surface area contributed by atoms with Crippen molar-refractivity contribution in [2.45, 2.75) is 112 Å². The number of hydrogen-bond acceptors (Lipinski definition) is 5. The fourth-order valence-corrected chi connectivity index (χ4v) is 10.9. The minimum absolute atomic E-state index is 0.0785. The zero-order valence-corrected chi connectivity index (χ0v) is 26.4. The van der Waals surface area contributed by atoms with Crippen molar-refractivity contribution < 1.29 is 29.0 Å². The fraction of sp³-hybridized carbons (Fsp3) is 0.824. The third-order valence-corrected chi connectivity index (χ3v) is 13.4. The number of esters is 1. The SMILES string of the molecule is COC(=O)C(C)(C)C(=O)NC1CCC2(C)C(CCC3(C)C4CCC5(C)CCC(C(=O)O)CC5C4=CC(=O)C32)C1(C)C. The topological polar surface area (TPSA) is 110 Å². The van der Waals surface area contributed by atoms with E-state index in [9.17, 15) is 24.3 Å². The van der Waals surface area contributed by atoms with Gasteiger partial charge in [0.2, 0.25) is 5.91 Å². The molecule has 228 valence electrons. The average molecular weight is 570 g/mol. The lowest BCUT2D eigenvalue weighted by Gasteiger charge is -2.67. The Balaban J connectivity index is 1.45. The molecule has 4 saturated carbocycles. The first-order valence-corrected chi connectivity index (χ1v) is 15.8. The number of methoxy groups -OCH3 is 1. The van der Waals surface area contributed by atoms with Gasteiger partial charge >= 0.3 is 11.9 Å². The first-order valence-electron chi connectivity index (χ1n) is 15.8. The lowest BCUT2D eigenvalue weighted by atomic mass is 9.37. The zero-order valence-electron chi connectivity index (χ0n) is 26.4. The van der Waals surface area contributed by atoms with Crippen molar-refractivity contribution in [2.24, 2.45) is 56.7 Å². The first kappa shape index (κ1) is 30.3. The molecule has 41 heavy (non-hydrogen) atoms. The summed E-state index contributed by atoms with van der Waals surface area (Å²) in [5.74, 6) is -1.01. The van der Waals surface area contributed by atoms with Gasteiger partial charge in [-0.3, -0.25) is 19.2 Å². The standard InChI is InChI=1S/C34H51NO6/c1-30(2)24-11-15-33(6)21-10-14-32(5)13-9-19(27(37)38)17-22(32)20(21)18-23(36)26(33)34(24,7)16-12-25(30)35-28(39)31(3,4)29(40)41-8/h18-19,21-22,24-26H,9-17H2,1-8H3,(H,35,39)(H,37,38). The van der Waals surface area contributed by atoms with Crippen molar-refractivity contribution in [3.63, 3.8) is 0 Å². The summed E-state index contributed by atoms with van der Waals surface area (Å²) in [6.07, 6.45) is 9.99. The molecular weight excluding hydrogens is 518 g/mol. The normalized spacial score (nSPS) is 43.3. The highest BCUT2D eigenvalue weighted by Gasteiger charge is 2.67. The Kier molecular flexibility index (Phi) is 7.14. The number of carboxylic acid groups (broad SMARTS) is 1. The number of hydrogen-bond donors (Lipinski definition) is 2. The second kappa shape index (κ2) is 9.67. The Bertz CT molecular complexity index is 1190. The number of fused-ring (bicyclic) bond motifs is 7. The van der Waals surface area contributed by atoms with Gasteiger partial charge in [0.15, 0.2) is 5.78 Å². The average Bonchev–Trinajstić information content (AvgIpc) is 2.88. The van der Waals surface area contributed by atoms with E-state index in [0.717, 1.165) is 51.4 Å². The van der Waals surface area contributed by atoms with Gasteiger partial charge < -0.3 is 15.2 Å². The summed E-state index contributed by atoms with van der Waals surface area (Å²) >= 11 is 0. The number of aliphatic carboxylic acids is 1. The van der Waals surface area contributed by atoms with Crippen LogP contribution in [0.15, 0.2) is 11.6 Å². The highest BCUT2D eigenvalue weighted by atomic mass is 16.5. The molecule has 5 rings (SSSR count). The smallest absolute Gasteiger partial charge is 0.320 e. The van der Waals surface area contributed by atoms with E-state index in [1.165, 1.54) is 12.7 Å². The molecule has 9 atom stereocenters. The summed E-state index contributed by atoms with van der Waals surface area (Å²) in [6, 6.07) is -0.100. The van der Waals surface area contributed by atoms with E-state index in [4.69, 9.17) is 4.74 Å². The van der Waals surface area contributed by atoms with Gasteiger partial charge in [-0.2, -0.15) is 0 Å². The van der Waals surface area contributed by atoms with Crippen molar-refractivity contribution >= 4 is 23.6 Å². The minimum atomic E-state index is -1.27. The number of nitrogens with one attached hydrogen (secondary N) is 1. The van der Waals surface area contributed by atoms with Gasteiger partial charge in [0, 0.05) is 12.0 Å². The number of carbonyl (C=O) groups excluding carboxylic acids is 3. The quantitative estimate of drug-likeness (QED) is 0.320. The maximum absolute atomic E-state index is 14.3. The Morgan fingerprint density at radius 2 is 1.56 bits per heavy atom. The second-order valence-corrected chi connectivity index (χ2v) is 16.2. The maximum atomic E-state index is 14.3. The van der Waals surface area contributed by atoms with Crippen LogP contribution in [0.1, 0.15) is 106 Å².